The van der Waals surface area contributed by atoms with Gasteiger partial charge in [0.2, 0.25) is 11.8 Å². The van der Waals surface area contributed by atoms with Gasteiger partial charge in [-0.25, -0.2) is 0 Å². The van der Waals surface area contributed by atoms with E-state index in [1.807, 2.05) is 82.3 Å². The molecule has 3 aromatic rings. The molecule has 0 aliphatic heterocycles. The number of carbonyl (C=O) groups is 2. The molecule has 0 radical (unpaired) electrons. The van der Waals surface area contributed by atoms with Crippen molar-refractivity contribution in [1.82, 2.24) is 10.2 Å². The van der Waals surface area contributed by atoms with Gasteiger partial charge in [0.25, 0.3) is 0 Å². The van der Waals surface area contributed by atoms with Crippen LogP contribution in [0.5, 0.6) is 0 Å². The SMILES string of the molecule is CC[C@H](C)NC(=O)[C@H](Cc1ccccc1)N(Cc1ccc(Cl)c(Cl)c1)C(=O)Cc1cc(C)ccc1C. The largest absolute Gasteiger partial charge is 0.352 e. The molecule has 3 rings (SSSR count). The number of hydrogen-bond donors (Lipinski definition) is 1. The fraction of sp³-hybridized carbons (Fsp3) is 0.333. The average Bonchev–Trinajstić information content (AvgIpc) is 2.86. The first-order chi connectivity index (χ1) is 17.2. The molecule has 0 bridgehead atoms. The van der Waals surface area contributed by atoms with Crippen molar-refractivity contribution in [2.75, 3.05) is 0 Å². The number of benzene rings is 3. The maximum atomic E-state index is 13.9. The van der Waals surface area contributed by atoms with Crippen LogP contribution in [0.1, 0.15) is 48.1 Å². The molecule has 1 N–H and O–H groups in total. The van der Waals surface area contributed by atoms with E-state index >= 15 is 0 Å². The fourth-order valence-electron chi connectivity index (χ4n) is 4.08. The minimum Gasteiger partial charge on any atom is -0.352 e. The number of hydrogen-bond acceptors (Lipinski definition) is 2. The predicted molar refractivity (Wildman–Crippen MR) is 148 cm³/mol. The van der Waals surface area contributed by atoms with Crippen molar-refractivity contribution in [3.63, 3.8) is 0 Å². The Balaban J connectivity index is 2.02. The van der Waals surface area contributed by atoms with Crippen LogP contribution < -0.4 is 5.32 Å². The normalized spacial score (nSPS) is 12.6. The maximum absolute atomic E-state index is 13.9. The number of rotatable bonds is 10. The quantitative estimate of drug-likeness (QED) is 0.320. The smallest absolute Gasteiger partial charge is 0.243 e. The van der Waals surface area contributed by atoms with E-state index in [0.717, 1.165) is 34.2 Å². The second-order valence-corrected chi connectivity index (χ2v) is 10.2. The number of halogens is 2. The molecule has 0 spiro atoms. The van der Waals surface area contributed by atoms with Crippen LogP contribution in [0.2, 0.25) is 10.0 Å². The molecule has 4 nitrogen and oxygen atoms in total. The van der Waals surface area contributed by atoms with Crippen LogP contribution in [0.25, 0.3) is 0 Å². The van der Waals surface area contributed by atoms with E-state index in [1.54, 1.807) is 17.0 Å². The molecule has 0 fully saturated rings. The molecule has 2 amide bonds. The summed E-state index contributed by atoms with van der Waals surface area (Å²) < 4.78 is 0. The lowest BCUT2D eigenvalue weighted by Gasteiger charge is -2.32. The first-order valence-electron chi connectivity index (χ1n) is 12.3. The van der Waals surface area contributed by atoms with Gasteiger partial charge >= 0.3 is 0 Å². The van der Waals surface area contributed by atoms with Crippen molar-refractivity contribution in [1.29, 1.82) is 0 Å². The summed E-state index contributed by atoms with van der Waals surface area (Å²) >= 11 is 12.4. The van der Waals surface area contributed by atoms with Gasteiger partial charge in [-0.3, -0.25) is 9.59 Å². The van der Waals surface area contributed by atoms with Crippen LogP contribution in [-0.4, -0.2) is 28.8 Å². The summed E-state index contributed by atoms with van der Waals surface area (Å²) in [5.41, 5.74) is 4.90. The molecule has 0 saturated carbocycles. The summed E-state index contributed by atoms with van der Waals surface area (Å²) in [5.74, 6) is -0.280. The van der Waals surface area contributed by atoms with E-state index in [4.69, 9.17) is 23.2 Å². The summed E-state index contributed by atoms with van der Waals surface area (Å²) in [6.07, 6.45) is 1.41. The van der Waals surface area contributed by atoms with Gasteiger partial charge in [0.15, 0.2) is 0 Å². The van der Waals surface area contributed by atoms with E-state index in [-0.39, 0.29) is 30.8 Å². The van der Waals surface area contributed by atoms with Crippen LogP contribution in [0.3, 0.4) is 0 Å². The summed E-state index contributed by atoms with van der Waals surface area (Å²) in [6.45, 7) is 8.25. The van der Waals surface area contributed by atoms with E-state index in [9.17, 15) is 9.59 Å². The van der Waals surface area contributed by atoms with Gasteiger partial charge in [-0.1, -0.05) is 90.3 Å². The van der Waals surface area contributed by atoms with Crippen molar-refractivity contribution in [3.8, 4) is 0 Å². The number of nitrogens with one attached hydrogen (secondary N) is 1. The van der Waals surface area contributed by atoms with E-state index in [0.29, 0.717) is 16.5 Å². The summed E-state index contributed by atoms with van der Waals surface area (Å²) in [5, 5.41) is 3.96. The first kappa shape index (κ1) is 27.8. The Morgan fingerprint density at radius 3 is 2.31 bits per heavy atom. The highest BCUT2D eigenvalue weighted by Gasteiger charge is 2.31. The molecule has 0 heterocycles. The van der Waals surface area contributed by atoms with E-state index in [2.05, 4.69) is 5.32 Å². The molecule has 6 heteroatoms. The lowest BCUT2D eigenvalue weighted by Crippen LogP contribution is -2.52. The number of carbonyl (C=O) groups excluding carboxylic acids is 2. The van der Waals surface area contributed by atoms with Crippen LogP contribution in [0.15, 0.2) is 66.7 Å². The van der Waals surface area contributed by atoms with Crippen molar-refractivity contribution >= 4 is 35.0 Å². The first-order valence-corrected chi connectivity index (χ1v) is 13.1. The van der Waals surface area contributed by atoms with Crippen LogP contribution >= 0.6 is 23.2 Å². The lowest BCUT2D eigenvalue weighted by atomic mass is 9.99. The molecular formula is C30H34Cl2N2O2. The highest BCUT2D eigenvalue weighted by molar-refractivity contribution is 6.42. The molecule has 0 aromatic heterocycles. The third kappa shape index (κ3) is 7.59. The van der Waals surface area contributed by atoms with Gasteiger partial charge in [0, 0.05) is 19.0 Å². The Labute approximate surface area is 224 Å². The third-order valence-electron chi connectivity index (χ3n) is 6.46. The standard InChI is InChI=1S/C30H34Cl2N2O2/c1-5-22(4)33-30(36)28(17-23-9-7-6-8-10-23)34(19-24-13-14-26(31)27(32)16-24)29(35)18-25-15-20(2)11-12-21(25)3/h6-16,22,28H,5,17-19H2,1-4H3,(H,33,36)/t22-,28-/m0/s1. The topological polar surface area (TPSA) is 49.4 Å². The van der Waals surface area contributed by atoms with Gasteiger partial charge in [0.1, 0.15) is 6.04 Å². The molecule has 0 aliphatic rings. The zero-order valence-electron chi connectivity index (χ0n) is 21.4. The van der Waals surface area contributed by atoms with Crippen molar-refractivity contribution in [3.05, 3.63) is 105 Å². The summed E-state index contributed by atoms with van der Waals surface area (Å²) in [4.78, 5) is 29.2. The third-order valence-corrected chi connectivity index (χ3v) is 7.19. The second kappa shape index (κ2) is 12.9. The zero-order chi connectivity index (χ0) is 26.2. The number of nitrogens with zero attached hydrogens (tertiary/aromatic N) is 1. The van der Waals surface area contributed by atoms with E-state index < -0.39 is 6.04 Å². The lowest BCUT2D eigenvalue weighted by molar-refractivity contribution is -0.141. The maximum Gasteiger partial charge on any atom is 0.243 e. The Hall–Kier alpha value is -2.82. The Morgan fingerprint density at radius 1 is 0.917 bits per heavy atom. The van der Waals surface area contributed by atoms with Gasteiger partial charge < -0.3 is 10.2 Å². The monoisotopic (exact) mass is 524 g/mol. The van der Waals surface area contributed by atoms with Crippen LogP contribution in [-0.2, 0) is 29.0 Å². The zero-order valence-corrected chi connectivity index (χ0v) is 22.9. The van der Waals surface area contributed by atoms with Crippen LogP contribution in [0, 0.1) is 13.8 Å². The molecule has 0 aliphatic carbocycles. The Kier molecular flexibility index (Phi) is 9.98. The highest BCUT2D eigenvalue weighted by Crippen LogP contribution is 2.25. The minimum absolute atomic E-state index is 0.00304. The van der Waals surface area contributed by atoms with Gasteiger partial charge in [0.05, 0.1) is 16.5 Å². The number of aryl methyl sites for hydroxylation is 2. The Bertz CT molecular complexity index is 1200. The summed E-state index contributed by atoms with van der Waals surface area (Å²) in [7, 11) is 0. The van der Waals surface area contributed by atoms with Crippen molar-refractivity contribution < 1.29 is 9.59 Å². The molecule has 3 aromatic carbocycles. The fourth-order valence-corrected chi connectivity index (χ4v) is 4.41. The highest BCUT2D eigenvalue weighted by atomic mass is 35.5. The summed E-state index contributed by atoms with van der Waals surface area (Å²) in [6, 6.07) is 20.5. The van der Waals surface area contributed by atoms with E-state index in [1.165, 1.54) is 0 Å². The van der Waals surface area contributed by atoms with Crippen molar-refractivity contribution in [2.45, 2.75) is 65.6 Å². The average molecular weight is 526 g/mol. The molecule has 0 saturated heterocycles. The molecule has 2 atom stereocenters. The molecule has 190 valence electrons. The van der Waals surface area contributed by atoms with Gasteiger partial charge in [-0.2, -0.15) is 0 Å². The molecule has 36 heavy (non-hydrogen) atoms. The molecular weight excluding hydrogens is 491 g/mol. The van der Waals surface area contributed by atoms with Gasteiger partial charge in [-0.05, 0) is 61.6 Å². The second-order valence-electron chi connectivity index (χ2n) is 9.40. The predicted octanol–water partition coefficient (Wildman–Crippen LogP) is 6.71. The Morgan fingerprint density at radius 2 is 1.64 bits per heavy atom. The van der Waals surface area contributed by atoms with Gasteiger partial charge in [-0.15, -0.1) is 0 Å². The van der Waals surface area contributed by atoms with Crippen molar-refractivity contribution in [2.24, 2.45) is 0 Å². The minimum atomic E-state index is -0.687. The number of amides is 2. The molecule has 0 unspecified atom stereocenters. The van der Waals surface area contributed by atoms with Crippen LogP contribution in [0.4, 0.5) is 0 Å².